The SMILES string of the molecule is CCOc1ccc(NC(=O)C[C@@](C)(C(=O)O)c2ccccc2)cc1S(=O)(=O)N1CCCC1. The van der Waals surface area contributed by atoms with E-state index in [1.807, 2.05) is 0 Å². The summed E-state index contributed by atoms with van der Waals surface area (Å²) in [5.41, 5.74) is -0.662. The molecule has 1 saturated heterocycles. The van der Waals surface area contributed by atoms with Crippen LogP contribution in [0.3, 0.4) is 0 Å². The molecule has 0 aliphatic carbocycles. The molecule has 172 valence electrons. The molecule has 2 N–H and O–H groups in total. The molecule has 1 heterocycles. The molecule has 3 rings (SSSR count). The van der Waals surface area contributed by atoms with Gasteiger partial charge < -0.3 is 15.2 Å². The number of carbonyl (C=O) groups is 2. The van der Waals surface area contributed by atoms with Crippen LogP contribution in [0.5, 0.6) is 5.75 Å². The van der Waals surface area contributed by atoms with Gasteiger partial charge in [0, 0.05) is 25.2 Å². The molecule has 2 aromatic rings. The Morgan fingerprint density at radius 1 is 1.12 bits per heavy atom. The molecule has 1 fully saturated rings. The van der Waals surface area contributed by atoms with E-state index in [1.54, 1.807) is 43.3 Å². The maximum Gasteiger partial charge on any atom is 0.314 e. The standard InChI is InChI=1S/C23H28N2O6S/c1-3-31-19-12-11-18(15-20(19)32(29,30)25-13-7-8-14-25)24-21(26)16-23(2,22(27)28)17-9-5-4-6-10-17/h4-6,9-12,15H,3,7-8,13-14,16H2,1-2H3,(H,24,26)(H,27,28)/t23-/m1/s1. The quantitative estimate of drug-likeness (QED) is 0.594. The molecule has 1 atom stereocenters. The zero-order valence-electron chi connectivity index (χ0n) is 18.2. The highest BCUT2D eigenvalue weighted by Crippen LogP contribution is 2.33. The monoisotopic (exact) mass is 460 g/mol. The van der Waals surface area contributed by atoms with E-state index < -0.39 is 27.3 Å². The van der Waals surface area contributed by atoms with Crippen molar-refractivity contribution in [3.63, 3.8) is 0 Å². The number of ether oxygens (including phenoxy) is 1. The minimum absolute atomic E-state index is 0.0110. The van der Waals surface area contributed by atoms with E-state index in [9.17, 15) is 23.1 Å². The predicted molar refractivity (Wildman–Crippen MR) is 120 cm³/mol. The number of benzene rings is 2. The molecule has 0 spiro atoms. The number of carbonyl (C=O) groups excluding carboxylic acids is 1. The fourth-order valence-electron chi connectivity index (χ4n) is 3.76. The van der Waals surface area contributed by atoms with Crippen LogP contribution in [0.15, 0.2) is 53.4 Å². The molecular weight excluding hydrogens is 432 g/mol. The molecule has 0 unspecified atom stereocenters. The Balaban J connectivity index is 1.87. The molecular formula is C23H28N2O6S. The van der Waals surface area contributed by atoms with Crippen molar-refractivity contribution in [1.82, 2.24) is 4.31 Å². The summed E-state index contributed by atoms with van der Waals surface area (Å²) < 4.78 is 33.2. The van der Waals surface area contributed by atoms with Crippen molar-refractivity contribution in [3.8, 4) is 5.75 Å². The van der Waals surface area contributed by atoms with Crippen LogP contribution in [0.2, 0.25) is 0 Å². The number of aliphatic carboxylic acids is 1. The van der Waals surface area contributed by atoms with Crippen LogP contribution in [0.1, 0.15) is 38.7 Å². The van der Waals surface area contributed by atoms with Gasteiger partial charge in [0.1, 0.15) is 10.6 Å². The third-order valence-electron chi connectivity index (χ3n) is 5.61. The van der Waals surface area contributed by atoms with Crippen LogP contribution in [0.25, 0.3) is 0 Å². The summed E-state index contributed by atoms with van der Waals surface area (Å²) in [4.78, 5) is 24.7. The van der Waals surface area contributed by atoms with Crippen molar-refractivity contribution < 1.29 is 27.9 Å². The maximum absolute atomic E-state index is 13.1. The van der Waals surface area contributed by atoms with Crippen molar-refractivity contribution >= 4 is 27.6 Å². The number of nitrogens with one attached hydrogen (secondary N) is 1. The maximum atomic E-state index is 13.1. The van der Waals surface area contributed by atoms with E-state index in [-0.39, 0.29) is 22.8 Å². The van der Waals surface area contributed by atoms with Crippen molar-refractivity contribution in [2.45, 2.75) is 43.4 Å². The summed E-state index contributed by atoms with van der Waals surface area (Å²) in [6, 6.07) is 13.0. The fraction of sp³-hybridized carbons (Fsp3) is 0.391. The summed E-state index contributed by atoms with van der Waals surface area (Å²) in [6.07, 6.45) is 1.29. The molecule has 1 aliphatic rings. The summed E-state index contributed by atoms with van der Waals surface area (Å²) in [6.45, 7) is 4.43. The van der Waals surface area contributed by atoms with Crippen LogP contribution >= 0.6 is 0 Å². The summed E-state index contributed by atoms with van der Waals surface area (Å²) in [7, 11) is -3.78. The van der Waals surface area contributed by atoms with E-state index in [4.69, 9.17) is 4.74 Å². The first kappa shape index (κ1) is 23.7. The molecule has 32 heavy (non-hydrogen) atoms. The number of carboxylic acids is 1. The van der Waals surface area contributed by atoms with Gasteiger partial charge in [-0.15, -0.1) is 0 Å². The van der Waals surface area contributed by atoms with Gasteiger partial charge in [-0.3, -0.25) is 9.59 Å². The van der Waals surface area contributed by atoms with Gasteiger partial charge in [-0.25, -0.2) is 8.42 Å². The minimum Gasteiger partial charge on any atom is -0.492 e. The highest BCUT2D eigenvalue weighted by atomic mass is 32.2. The number of nitrogens with zero attached hydrogens (tertiary/aromatic N) is 1. The van der Waals surface area contributed by atoms with Crippen molar-refractivity contribution in [2.24, 2.45) is 0 Å². The van der Waals surface area contributed by atoms with Crippen molar-refractivity contribution in [1.29, 1.82) is 0 Å². The lowest BCUT2D eigenvalue weighted by Gasteiger charge is -2.25. The molecule has 0 radical (unpaired) electrons. The lowest BCUT2D eigenvalue weighted by molar-refractivity contribution is -0.145. The second kappa shape index (κ2) is 9.70. The van der Waals surface area contributed by atoms with Gasteiger partial charge in [0.15, 0.2) is 0 Å². The summed E-state index contributed by atoms with van der Waals surface area (Å²) in [5.74, 6) is -1.44. The van der Waals surface area contributed by atoms with Crippen LogP contribution in [0, 0.1) is 0 Å². The average Bonchev–Trinajstić information content (AvgIpc) is 3.31. The normalized spacial score (nSPS) is 16.3. The first-order chi connectivity index (χ1) is 15.2. The first-order valence-corrected chi connectivity index (χ1v) is 12.0. The van der Waals surface area contributed by atoms with Crippen LogP contribution in [0.4, 0.5) is 5.69 Å². The van der Waals surface area contributed by atoms with Gasteiger partial charge in [-0.2, -0.15) is 4.31 Å². The molecule has 8 nitrogen and oxygen atoms in total. The highest BCUT2D eigenvalue weighted by Gasteiger charge is 2.37. The lowest BCUT2D eigenvalue weighted by atomic mass is 9.79. The average molecular weight is 461 g/mol. The highest BCUT2D eigenvalue weighted by molar-refractivity contribution is 7.89. The van der Waals surface area contributed by atoms with Crippen molar-refractivity contribution in [2.75, 3.05) is 25.0 Å². The summed E-state index contributed by atoms with van der Waals surface area (Å²) in [5, 5.41) is 12.4. The second-order valence-electron chi connectivity index (χ2n) is 7.93. The number of carboxylic acid groups (broad SMARTS) is 1. The zero-order valence-corrected chi connectivity index (χ0v) is 19.0. The Morgan fingerprint density at radius 2 is 1.78 bits per heavy atom. The third-order valence-corrected chi connectivity index (χ3v) is 7.53. The van der Waals surface area contributed by atoms with E-state index in [0.717, 1.165) is 12.8 Å². The van der Waals surface area contributed by atoms with Crippen LogP contribution in [-0.2, 0) is 25.0 Å². The molecule has 1 amide bonds. The summed E-state index contributed by atoms with van der Waals surface area (Å²) >= 11 is 0. The van der Waals surface area contributed by atoms with Crippen LogP contribution < -0.4 is 10.1 Å². The number of rotatable bonds is 9. The zero-order chi connectivity index (χ0) is 23.4. The molecule has 9 heteroatoms. The van der Waals surface area contributed by atoms with Gasteiger partial charge >= 0.3 is 5.97 Å². The molecule has 0 bridgehead atoms. The van der Waals surface area contributed by atoms with E-state index in [1.165, 1.54) is 23.4 Å². The minimum atomic E-state index is -3.78. The Bertz CT molecular complexity index is 1080. The fourth-order valence-corrected chi connectivity index (χ4v) is 5.44. The topological polar surface area (TPSA) is 113 Å². The van der Waals surface area contributed by atoms with Crippen molar-refractivity contribution in [3.05, 3.63) is 54.1 Å². The van der Waals surface area contributed by atoms with Gasteiger partial charge in [0.25, 0.3) is 0 Å². The van der Waals surface area contributed by atoms with Gasteiger partial charge in [-0.1, -0.05) is 30.3 Å². The lowest BCUT2D eigenvalue weighted by Crippen LogP contribution is -2.36. The molecule has 2 aromatic carbocycles. The number of hydrogen-bond acceptors (Lipinski definition) is 5. The second-order valence-corrected chi connectivity index (χ2v) is 9.84. The van der Waals surface area contributed by atoms with E-state index in [2.05, 4.69) is 5.32 Å². The Hall–Kier alpha value is -2.91. The Kier molecular flexibility index (Phi) is 7.20. The predicted octanol–water partition coefficient (Wildman–Crippen LogP) is 3.24. The molecule has 1 aliphatic heterocycles. The number of anilines is 1. The van der Waals surface area contributed by atoms with Gasteiger partial charge in [0.2, 0.25) is 15.9 Å². The van der Waals surface area contributed by atoms with Gasteiger partial charge in [0.05, 0.1) is 12.0 Å². The van der Waals surface area contributed by atoms with E-state index >= 15 is 0 Å². The van der Waals surface area contributed by atoms with Gasteiger partial charge in [-0.05, 0) is 50.5 Å². The first-order valence-electron chi connectivity index (χ1n) is 10.5. The molecule has 0 saturated carbocycles. The van der Waals surface area contributed by atoms with E-state index in [0.29, 0.717) is 25.3 Å². The number of sulfonamides is 1. The Labute approximate surface area is 188 Å². The largest absolute Gasteiger partial charge is 0.492 e. The number of amides is 1. The molecule has 0 aromatic heterocycles. The third kappa shape index (κ3) is 4.94. The van der Waals surface area contributed by atoms with Crippen LogP contribution in [-0.4, -0.2) is 49.4 Å². The number of hydrogen-bond donors (Lipinski definition) is 2. The smallest absolute Gasteiger partial charge is 0.314 e. The Morgan fingerprint density at radius 3 is 2.38 bits per heavy atom.